The van der Waals surface area contributed by atoms with E-state index in [0.29, 0.717) is 22.6 Å². The van der Waals surface area contributed by atoms with Crippen molar-refractivity contribution in [3.63, 3.8) is 0 Å². The van der Waals surface area contributed by atoms with E-state index in [1.54, 1.807) is 24.3 Å². The fourth-order valence-corrected chi connectivity index (χ4v) is 3.44. The summed E-state index contributed by atoms with van der Waals surface area (Å²) in [4.78, 5) is 11.5. The highest BCUT2D eigenvalue weighted by molar-refractivity contribution is 5.92. The average molecular weight is 435 g/mol. The Kier molecular flexibility index (Phi) is 5.83. The molecule has 32 heavy (non-hydrogen) atoms. The number of carbonyl (C=O) groups excluding carboxylic acids is 1. The van der Waals surface area contributed by atoms with E-state index in [1.165, 1.54) is 4.57 Å². The molecule has 3 N–H and O–H groups in total. The van der Waals surface area contributed by atoms with Gasteiger partial charge in [-0.15, -0.1) is 0 Å². The summed E-state index contributed by atoms with van der Waals surface area (Å²) in [5, 5.41) is 2.61. The second-order valence-corrected chi connectivity index (χ2v) is 7.22. The molecular weight excluding hydrogens is 415 g/mol. The summed E-state index contributed by atoms with van der Waals surface area (Å²) in [6, 6.07) is 24.8. The van der Waals surface area contributed by atoms with Crippen molar-refractivity contribution in [2.24, 2.45) is 5.73 Å². The van der Waals surface area contributed by atoms with E-state index in [2.05, 4.69) is 5.32 Å². The largest absolute Gasteiger partial charge is 0.417 e. The molecule has 0 unspecified atom stereocenters. The highest BCUT2D eigenvalue weighted by Gasteiger charge is 2.33. The van der Waals surface area contributed by atoms with Gasteiger partial charge in [-0.2, -0.15) is 13.2 Å². The standard InChI is InChI=1S/C25H20F3N3O/c26-25(27,28)20-14-23(19-8-6-18(7-9-19)17-4-2-1-3-5-17)31(16-20)22-12-10-21(11-13-22)30-24(32)15-29/h1-14,16H,15,29H2,(H,30,32). The summed E-state index contributed by atoms with van der Waals surface area (Å²) in [5.41, 5.74) is 8.68. The maximum atomic E-state index is 13.5. The van der Waals surface area contributed by atoms with Gasteiger partial charge >= 0.3 is 6.18 Å². The number of nitrogens with one attached hydrogen (secondary N) is 1. The van der Waals surface area contributed by atoms with Crippen LogP contribution in [0.4, 0.5) is 18.9 Å². The Bertz CT molecular complexity index is 1210. The van der Waals surface area contributed by atoms with Crippen molar-refractivity contribution in [1.82, 2.24) is 4.57 Å². The van der Waals surface area contributed by atoms with Crippen LogP contribution in [-0.4, -0.2) is 17.0 Å². The fourth-order valence-electron chi connectivity index (χ4n) is 3.44. The molecule has 4 rings (SSSR count). The zero-order valence-electron chi connectivity index (χ0n) is 16.9. The Morgan fingerprint density at radius 3 is 2.03 bits per heavy atom. The van der Waals surface area contributed by atoms with Crippen LogP contribution in [-0.2, 0) is 11.0 Å². The molecule has 0 atom stereocenters. The van der Waals surface area contributed by atoms with Crippen molar-refractivity contribution >= 4 is 11.6 Å². The molecule has 1 heterocycles. The molecule has 7 heteroatoms. The van der Waals surface area contributed by atoms with Gasteiger partial charge in [0.2, 0.25) is 5.91 Å². The Morgan fingerprint density at radius 1 is 0.844 bits per heavy atom. The molecule has 1 aromatic heterocycles. The number of anilines is 1. The van der Waals surface area contributed by atoms with Crippen molar-refractivity contribution in [2.45, 2.75) is 6.18 Å². The third-order valence-electron chi connectivity index (χ3n) is 5.05. The number of hydrogen-bond donors (Lipinski definition) is 2. The Hall–Kier alpha value is -3.84. The lowest BCUT2D eigenvalue weighted by atomic mass is 10.0. The number of amides is 1. The van der Waals surface area contributed by atoms with Gasteiger partial charge in [0.1, 0.15) is 0 Å². The molecule has 1 amide bonds. The molecule has 0 radical (unpaired) electrons. The number of aromatic nitrogens is 1. The summed E-state index contributed by atoms with van der Waals surface area (Å²) in [5.74, 6) is -0.350. The molecule has 162 valence electrons. The van der Waals surface area contributed by atoms with Gasteiger partial charge < -0.3 is 15.6 Å². The maximum Gasteiger partial charge on any atom is 0.417 e. The number of nitrogens with zero attached hydrogens (tertiary/aromatic N) is 1. The van der Waals surface area contributed by atoms with Crippen molar-refractivity contribution in [3.8, 4) is 28.1 Å². The molecule has 0 saturated heterocycles. The molecule has 4 nitrogen and oxygen atoms in total. The maximum absolute atomic E-state index is 13.5. The van der Waals surface area contributed by atoms with Gasteiger partial charge in [0.05, 0.1) is 17.8 Å². The molecule has 0 aliphatic carbocycles. The van der Waals surface area contributed by atoms with E-state index < -0.39 is 11.7 Å². The Morgan fingerprint density at radius 2 is 1.44 bits per heavy atom. The van der Waals surface area contributed by atoms with Crippen LogP contribution in [0.15, 0.2) is 91.1 Å². The van der Waals surface area contributed by atoms with Crippen molar-refractivity contribution < 1.29 is 18.0 Å². The normalized spacial score (nSPS) is 11.4. The van der Waals surface area contributed by atoms with Crippen LogP contribution in [0.1, 0.15) is 5.56 Å². The number of rotatable bonds is 5. The van der Waals surface area contributed by atoms with Gasteiger partial charge in [0, 0.05) is 17.6 Å². The van der Waals surface area contributed by atoms with Crippen molar-refractivity contribution in [1.29, 1.82) is 0 Å². The molecule has 0 bridgehead atoms. The SMILES string of the molecule is NCC(=O)Nc1ccc(-n2cc(C(F)(F)F)cc2-c2ccc(-c3ccccc3)cc2)cc1. The average Bonchev–Trinajstić information content (AvgIpc) is 3.26. The molecule has 0 aliphatic heterocycles. The Labute approximate surface area is 183 Å². The van der Waals surface area contributed by atoms with Crippen molar-refractivity contribution in [2.75, 3.05) is 11.9 Å². The van der Waals surface area contributed by atoms with E-state index in [1.807, 2.05) is 54.6 Å². The number of benzene rings is 3. The fraction of sp³-hybridized carbons (Fsp3) is 0.0800. The molecule has 0 spiro atoms. The topological polar surface area (TPSA) is 60.1 Å². The van der Waals surface area contributed by atoms with Gasteiger partial charge in [-0.3, -0.25) is 4.79 Å². The predicted octanol–water partition coefficient (Wildman–Crippen LogP) is 5.73. The summed E-state index contributed by atoms with van der Waals surface area (Å²) in [6.07, 6.45) is -3.40. The first-order chi connectivity index (χ1) is 15.3. The lowest BCUT2D eigenvalue weighted by Crippen LogP contribution is -2.21. The quantitative estimate of drug-likeness (QED) is 0.421. The molecule has 0 aliphatic rings. The minimum Gasteiger partial charge on any atom is -0.325 e. The van der Waals surface area contributed by atoms with E-state index in [4.69, 9.17) is 5.73 Å². The first kappa shape index (κ1) is 21.4. The number of alkyl halides is 3. The first-order valence-corrected chi connectivity index (χ1v) is 9.91. The van der Waals surface area contributed by atoms with Crippen LogP contribution in [0.3, 0.4) is 0 Å². The van der Waals surface area contributed by atoms with Gasteiger partial charge in [-0.1, -0.05) is 54.6 Å². The van der Waals surface area contributed by atoms with E-state index >= 15 is 0 Å². The van der Waals surface area contributed by atoms with Gasteiger partial charge in [0.15, 0.2) is 0 Å². The zero-order chi connectivity index (χ0) is 22.7. The number of nitrogens with two attached hydrogens (primary N) is 1. The third kappa shape index (κ3) is 4.58. The molecule has 3 aromatic carbocycles. The number of halogens is 3. The summed E-state index contributed by atoms with van der Waals surface area (Å²) < 4.78 is 41.9. The predicted molar refractivity (Wildman–Crippen MR) is 119 cm³/mol. The highest BCUT2D eigenvalue weighted by Crippen LogP contribution is 2.36. The molecule has 0 fully saturated rings. The van der Waals surface area contributed by atoms with E-state index in [9.17, 15) is 18.0 Å². The third-order valence-corrected chi connectivity index (χ3v) is 5.05. The highest BCUT2D eigenvalue weighted by atomic mass is 19.4. The number of hydrogen-bond acceptors (Lipinski definition) is 2. The number of carbonyl (C=O) groups is 1. The lowest BCUT2D eigenvalue weighted by molar-refractivity contribution is -0.137. The lowest BCUT2D eigenvalue weighted by Gasteiger charge is -2.11. The van der Waals surface area contributed by atoms with E-state index in [-0.39, 0.29) is 12.5 Å². The smallest absolute Gasteiger partial charge is 0.325 e. The monoisotopic (exact) mass is 435 g/mol. The second kappa shape index (κ2) is 8.72. The molecular formula is C25H20F3N3O. The first-order valence-electron chi connectivity index (χ1n) is 9.91. The summed E-state index contributed by atoms with van der Waals surface area (Å²) in [7, 11) is 0. The van der Waals surface area contributed by atoms with Crippen LogP contribution >= 0.6 is 0 Å². The minimum absolute atomic E-state index is 0.155. The second-order valence-electron chi connectivity index (χ2n) is 7.22. The summed E-state index contributed by atoms with van der Waals surface area (Å²) >= 11 is 0. The van der Waals surface area contributed by atoms with Crippen LogP contribution in [0.2, 0.25) is 0 Å². The van der Waals surface area contributed by atoms with Gasteiger partial charge in [-0.25, -0.2) is 0 Å². The zero-order valence-corrected chi connectivity index (χ0v) is 16.9. The molecule has 0 saturated carbocycles. The summed E-state index contributed by atoms with van der Waals surface area (Å²) in [6.45, 7) is -0.155. The van der Waals surface area contributed by atoms with Gasteiger partial charge in [-0.05, 0) is 47.0 Å². The molecule has 4 aromatic rings. The van der Waals surface area contributed by atoms with Gasteiger partial charge in [0.25, 0.3) is 0 Å². The minimum atomic E-state index is -4.47. The van der Waals surface area contributed by atoms with Crippen LogP contribution in [0.5, 0.6) is 0 Å². The van der Waals surface area contributed by atoms with Crippen LogP contribution in [0.25, 0.3) is 28.1 Å². The van der Waals surface area contributed by atoms with Crippen LogP contribution in [0, 0.1) is 0 Å². The van der Waals surface area contributed by atoms with Crippen molar-refractivity contribution in [3.05, 3.63) is 96.7 Å². The Balaban J connectivity index is 1.72. The van der Waals surface area contributed by atoms with E-state index in [0.717, 1.165) is 23.4 Å². The van der Waals surface area contributed by atoms with Crippen LogP contribution < -0.4 is 11.1 Å².